The molecule has 0 aromatic heterocycles. The number of aliphatic carboxylic acids is 1. The van der Waals surface area contributed by atoms with Gasteiger partial charge in [0.2, 0.25) is 6.29 Å². The van der Waals surface area contributed by atoms with Crippen molar-refractivity contribution in [3.8, 4) is 11.8 Å². The maximum Gasteiger partial charge on any atom is 0.306 e. The number of ether oxygens (including phenoxy) is 2. The molecule has 0 aromatic rings. The van der Waals surface area contributed by atoms with E-state index in [0.717, 1.165) is 70.6 Å². The van der Waals surface area contributed by atoms with Gasteiger partial charge < -0.3 is 14.6 Å². The summed E-state index contributed by atoms with van der Waals surface area (Å²) in [5.41, 5.74) is 0. The molecule has 25 heavy (non-hydrogen) atoms. The van der Waals surface area contributed by atoms with Crippen LogP contribution in [-0.2, 0) is 14.3 Å². The van der Waals surface area contributed by atoms with Crippen LogP contribution in [0.5, 0.6) is 0 Å². The summed E-state index contributed by atoms with van der Waals surface area (Å²) in [4.78, 5) is 11.2. The van der Waals surface area contributed by atoms with Gasteiger partial charge in [0.25, 0.3) is 0 Å². The van der Waals surface area contributed by atoms with Crippen molar-refractivity contribution in [3.05, 3.63) is 0 Å². The molecule has 1 atom stereocenters. The standard InChI is InChI=1S/C21H38O4/c1-4-7-14-19(21(22)23)15-12-10-11-13-16-20(24-17-8-5-2)25-18-9-6-3/h19-20H,4-12,14-15,17-18H2,1-3H3,(H,22,23). The van der Waals surface area contributed by atoms with Gasteiger partial charge in [-0.1, -0.05) is 58.8 Å². The number of unbranched alkanes of at least 4 members (excludes halogenated alkanes) is 5. The van der Waals surface area contributed by atoms with Crippen LogP contribution in [0.2, 0.25) is 0 Å². The second-order valence-electron chi connectivity index (χ2n) is 6.52. The largest absolute Gasteiger partial charge is 0.481 e. The number of hydrogen-bond donors (Lipinski definition) is 1. The van der Waals surface area contributed by atoms with E-state index in [-0.39, 0.29) is 5.92 Å². The zero-order valence-corrected chi connectivity index (χ0v) is 16.5. The topological polar surface area (TPSA) is 55.8 Å². The molecular weight excluding hydrogens is 316 g/mol. The molecule has 0 aromatic carbocycles. The maximum absolute atomic E-state index is 11.2. The Morgan fingerprint density at radius 2 is 1.44 bits per heavy atom. The molecule has 0 bridgehead atoms. The summed E-state index contributed by atoms with van der Waals surface area (Å²) in [6.07, 6.45) is 9.99. The van der Waals surface area contributed by atoms with Gasteiger partial charge >= 0.3 is 5.97 Å². The van der Waals surface area contributed by atoms with Crippen molar-refractivity contribution in [3.63, 3.8) is 0 Å². The quantitative estimate of drug-likeness (QED) is 0.229. The van der Waals surface area contributed by atoms with E-state index in [0.29, 0.717) is 13.2 Å². The Morgan fingerprint density at radius 3 is 1.96 bits per heavy atom. The van der Waals surface area contributed by atoms with E-state index in [4.69, 9.17) is 9.47 Å². The smallest absolute Gasteiger partial charge is 0.306 e. The Morgan fingerprint density at radius 1 is 0.880 bits per heavy atom. The van der Waals surface area contributed by atoms with Crippen LogP contribution in [0, 0.1) is 17.8 Å². The van der Waals surface area contributed by atoms with E-state index >= 15 is 0 Å². The first kappa shape index (κ1) is 23.9. The summed E-state index contributed by atoms with van der Waals surface area (Å²) in [6.45, 7) is 7.72. The lowest BCUT2D eigenvalue weighted by Gasteiger charge is -2.13. The fourth-order valence-corrected chi connectivity index (χ4v) is 2.40. The van der Waals surface area contributed by atoms with Gasteiger partial charge in [0.05, 0.1) is 19.1 Å². The molecule has 0 saturated carbocycles. The molecule has 0 amide bonds. The number of carbonyl (C=O) groups is 1. The van der Waals surface area contributed by atoms with E-state index in [9.17, 15) is 9.90 Å². The van der Waals surface area contributed by atoms with E-state index in [1.165, 1.54) is 0 Å². The Labute approximate surface area is 154 Å². The molecule has 0 saturated heterocycles. The predicted molar refractivity (Wildman–Crippen MR) is 102 cm³/mol. The van der Waals surface area contributed by atoms with Crippen molar-refractivity contribution in [2.45, 2.75) is 97.7 Å². The SMILES string of the molecule is CCCCOC(C#CCCCCC(CCCC)C(=O)O)OCCCC. The Bertz CT molecular complexity index is 360. The number of carboxylic acids is 1. The summed E-state index contributed by atoms with van der Waals surface area (Å²) in [6, 6.07) is 0. The highest BCUT2D eigenvalue weighted by molar-refractivity contribution is 5.69. The first-order chi connectivity index (χ1) is 12.2. The van der Waals surface area contributed by atoms with Crippen molar-refractivity contribution < 1.29 is 19.4 Å². The number of carboxylic acid groups (broad SMARTS) is 1. The highest BCUT2D eigenvalue weighted by atomic mass is 16.7. The molecule has 0 aliphatic rings. The fraction of sp³-hybridized carbons (Fsp3) is 0.857. The van der Waals surface area contributed by atoms with E-state index < -0.39 is 12.3 Å². The average molecular weight is 355 g/mol. The van der Waals surface area contributed by atoms with E-state index in [1.807, 2.05) is 0 Å². The van der Waals surface area contributed by atoms with E-state index in [2.05, 4.69) is 32.6 Å². The number of hydrogen-bond acceptors (Lipinski definition) is 3. The lowest BCUT2D eigenvalue weighted by molar-refractivity contribution is -0.142. The summed E-state index contributed by atoms with van der Waals surface area (Å²) < 4.78 is 11.4. The molecule has 0 aliphatic heterocycles. The molecule has 0 heterocycles. The lowest BCUT2D eigenvalue weighted by atomic mass is 9.96. The summed E-state index contributed by atoms with van der Waals surface area (Å²) in [7, 11) is 0. The van der Waals surface area contributed by atoms with Crippen LogP contribution in [0.1, 0.15) is 91.4 Å². The molecule has 0 spiro atoms. The minimum atomic E-state index is -0.659. The third-order valence-corrected chi connectivity index (χ3v) is 4.11. The van der Waals surface area contributed by atoms with Gasteiger partial charge in [-0.15, -0.1) is 0 Å². The van der Waals surface area contributed by atoms with Crippen molar-refractivity contribution >= 4 is 5.97 Å². The molecular formula is C21H38O4. The van der Waals surface area contributed by atoms with Gasteiger partial charge in [-0.3, -0.25) is 4.79 Å². The third-order valence-electron chi connectivity index (χ3n) is 4.11. The number of rotatable bonds is 16. The molecule has 0 fully saturated rings. The first-order valence-electron chi connectivity index (χ1n) is 10.1. The van der Waals surface area contributed by atoms with Crippen molar-refractivity contribution in [1.29, 1.82) is 0 Å². The second kappa shape index (κ2) is 17.8. The van der Waals surface area contributed by atoms with Gasteiger partial charge in [-0.2, -0.15) is 0 Å². The van der Waals surface area contributed by atoms with E-state index in [1.54, 1.807) is 0 Å². The van der Waals surface area contributed by atoms with Crippen molar-refractivity contribution in [1.82, 2.24) is 0 Å². The molecule has 146 valence electrons. The second-order valence-corrected chi connectivity index (χ2v) is 6.52. The monoisotopic (exact) mass is 354 g/mol. The van der Waals surface area contributed by atoms with Crippen LogP contribution in [0.4, 0.5) is 0 Å². The van der Waals surface area contributed by atoms with Gasteiger partial charge in [0, 0.05) is 6.42 Å². The fourth-order valence-electron chi connectivity index (χ4n) is 2.40. The molecule has 0 aliphatic carbocycles. The molecule has 0 rings (SSSR count). The summed E-state index contributed by atoms with van der Waals surface area (Å²) in [5, 5.41) is 9.22. The van der Waals surface area contributed by atoms with Gasteiger partial charge in [0.15, 0.2) is 0 Å². The molecule has 1 N–H and O–H groups in total. The van der Waals surface area contributed by atoms with Gasteiger partial charge in [-0.25, -0.2) is 0 Å². The average Bonchev–Trinajstić information content (AvgIpc) is 2.59. The third kappa shape index (κ3) is 15.0. The first-order valence-corrected chi connectivity index (χ1v) is 10.1. The summed E-state index contributed by atoms with van der Waals surface area (Å²) >= 11 is 0. The van der Waals surface area contributed by atoms with Crippen LogP contribution in [-0.4, -0.2) is 30.6 Å². The minimum Gasteiger partial charge on any atom is -0.481 e. The predicted octanol–water partition coefficient (Wildman–Crippen LogP) is 5.40. The van der Waals surface area contributed by atoms with Crippen LogP contribution in [0.3, 0.4) is 0 Å². The minimum absolute atomic E-state index is 0.199. The van der Waals surface area contributed by atoms with Crippen molar-refractivity contribution in [2.24, 2.45) is 5.92 Å². The van der Waals surface area contributed by atoms with Crippen LogP contribution in [0.15, 0.2) is 0 Å². The summed E-state index contributed by atoms with van der Waals surface area (Å²) in [5.74, 6) is 5.35. The van der Waals surface area contributed by atoms with Gasteiger partial charge in [0.1, 0.15) is 0 Å². The Balaban J connectivity index is 4.07. The lowest BCUT2D eigenvalue weighted by Crippen LogP contribution is -2.16. The highest BCUT2D eigenvalue weighted by Gasteiger charge is 2.15. The molecule has 4 heteroatoms. The van der Waals surface area contributed by atoms with Crippen molar-refractivity contribution in [2.75, 3.05) is 13.2 Å². The zero-order valence-electron chi connectivity index (χ0n) is 16.5. The van der Waals surface area contributed by atoms with Gasteiger partial charge in [-0.05, 0) is 38.0 Å². The van der Waals surface area contributed by atoms with Crippen LogP contribution >= 0.6 is 0 Å². The van der Waals surface area contributed by atoms with Crippen LogP contribution < -0.4 is 0 Å². The normalized spacial score (nSPS) is 12.0. The molecule has 0 radical (unpaired) electrons. The zero-order chi connectivity index (χ0) is 18.8. The Kier molecular flexibility index (Phi) is 17.0. The highest BCUT2D eigenvalue weighted by Crippen LogP contribution is 2.17. The van der Waals surface area contributed by atoms with Crippen LogP contribution in [0.25, 0.3) is 0 Å². The molecule has 1 unspecified atom stereocenters. The molecule has 4 nitrogen and oxygen atoms in total. The Hall–Kier alpha value is -1.05. The maximum atomic E-state index is 11.2.